The number of benzene rings is 3. The average molecular weight is 420 g/mol. The molecule has 31 heavy (non-hydrogen) atoms. The Labute approximate surface area is 177 Å². The molecule has 0 saturated carbocycles. The molecule has 3 aromatic carbocycles. The lowest BCUT2D eigenvalue weighted by Crippen LogP contribution is -2.32. The maximum atomic E-state index is 13.8. The molecule has 1 N–H and O–H groups in total. The smallest absolute Gasteiger partial charge is 0.282 e. The lowest BCUT2D eigenvalue weighted by atomic mass is 10.0. The molecule has 1 aliphatic rings. The van der Waals surface area contributed by atoms with Crippen LogP contribution in [-0.2, 0) is 9.59 Å². The van der Waals surface area contributed by atoms with Crippen molar-refractivity contribution in [2.75, 3.05) is 17.3 Å². The van der Waals surface area contributed by atoms with Crippen LogP contribution >= 0.6 is 0 Å². The summed E-state index contributed by atoms with van der Waals surface area (Å²) in [5, 5.41) is 3.06. The van der Waals surface area contributed by atoms with Gasteiger partial charge in [-0.3, -0.25) is 9.59 Å². The predicted molar refractivity (Wildman–Crippen MR) is 114 cm³/mol. The Bertz CT molecular complexity index is 1240. The summed E-state index contributed by atoms with van der Waals surface area (Å²) in [4.78, 5) is 27.6. The Morgan fingerprint density at radius 1 is 0.871 bits per heavy atom. The third kappa shape index (κ3) is 3.54. The molecular formula is C24H18F2N2O3. The van der Waals surface area contributed by atoms with Gasteiger partial charge in [-0.15, -0.1) is 0 Å². The van der Waals surface area contributed by atoms with Crippen LogP contribution in [0, 0.1) is 18.6 Å². The molecule has 0 aliphatic carbocycles. The Morgan fingerprint density at radius 2 is 1.58 bits per heavy atom. The molecule has 3 aromatic rings. The first kappa shape index (κ1) is 20.3. The number of nitrogens with one attached hydrogen (secondary N) is 1. The number of para-hydroxylation sites is 2. The summed E-state index contributed by atoms with van der Waals surface area (Å²) < 4.78 is 32.7. The number of methoxy groups -OCH3 is 1. The molecule has 5 nitrogen and oxygen atoms in total. The highest BCUT2D eigenvalue weighted by Crippen LogP contribution is 2.37. The minimum Gasteiger partial charge on any atom is -0.496 e. The Morgan fingerprint density at radius 3 is 2.29 bits per heavy atom. The van der Waals surface area contributed by atoms with Gasteiger partial charge in [-0.1, -0.05) is 36.4 Å². The van der Waals surface area contributed by atoms with Crippen molar-refractivity contribution >= 4 is 28.8 Å². The third-order valence-electron chi connectivity index (χ3n) is 5.03. The number of carbonyl (C=O) groups is 2. The quantitative estimate of drug-likeness (QED) is 0.609. The second kappa shape index (κ2) is 8.02. The molecule has 1 aliphatic heterocycles. The zero-order chi connectivity index (χ0) is 22.1. The SMILES string of the molecule is COc1ccccc1C1=C(Nc2ccccc2C)C(=O)N(c2ccc(F)c(F)c2)C1=O. The number of imide groups is 1. The van der Waals surface area contributed by atoms with Crippen molar-refractivity contribution in [1.29, 1.82) is 0 Å². The third-order valence-corrected chi connectivity index (χ3v) is 5.03. The van der Waals surface area contributed by atoms with Crippen molar-refractivity contribution in [3.63, 3.8) is 0 Å². The number of carbonyl (C=O) groups excluding carboxylic acids is 2. The number of rotatable bonds is 5. The number of anilines is 2. The molecule has 156 valence electrons. The van der Waals surface area contributed by atoms with Crippen molar-refractivity contribution in [1.82, 2.24) is 0 Å². The van der Waals surface area contributed by atoms with Crippen molar-refractivity contribution in [3.8, 4) is 5.75 Å². The van der Waals surface area contributed by atoms with Gasteiger partial charge in [0, 0.05) is 17.3 Å². The minimum absolute atomic E-state index is 0.0218. The average Bonchev–Trinajstić information content (AvgIpc) is 3.01. The van der Waals surface area contributed by atoms with Crippen LogP contribution in [0.4, 0.5) is 20.2 Å². The van der Waals surface area contributed by atoms with Gasteiger partial charge in [0.1, 0.15) is 11.4 Å². The topological polar surface area (TPSA) is 58.6 Å². The zero-order valence-corrected chi connectivity index (χ0v) is 16.8. The van der Waals surface area contributed by atoms with Gasteiger partial charge in [0.2, 0.25) is 0 Å². The van der Waals surface area contributed by atoms with E-state index in [1.165, 1.54) is 13.2 Å². The van der Waals surface area contributed by atoms with Gasteiger partial charge < -0.3 is 10.1 Å². The molecule has 0 radical (unpaired) electrons. The Balaban J connectivity index is 1.89. The number of hydrogen-bond acceptors (Lipinski definition) is 4. The van der Waals surface area contributed by atoms with E-state index in [-0.39, 0.29) is 17.0 Å². The van der Waals surface area contributed by atoms with E-state index in [4.69, 9.17) is 4.74 Å². The summed E-state index contributed by atoms with van der Waals surface area (Å²) in [7, 11) is 1.46. The maximum Gasteiger partial charge on any atom is 0.282 e. The molecule has 0 unspecified atom stereocenters. The summed E-state index contributed by atoms with van der Waals surface area (Å²) in [5.41, 5.74) is 1.94. The minimum atomic E-state index is -1.16. The summed E-state index contributed by atoms with van der Waals surface area (Å²) in [6, 6.07) is 17.0. The molecule has 0 saturated heterocycles. The molecule has 0 bridgehead atoms. The first-order valence-electron chi connectivity index (χ1n) is 9.46. The molecule has 7 heteroatoms. The highest BCUT2D eigenvalue weighted by Gasteiger charge is 2.41. The summed E-state index contributed by atoms with van der Waals surface area (Å²) in [6.07, 6.45) is 0. The van der Waals surface area contributed by atoms with Crippen LogP contribution < -0.4 is 15.0 Å². The molecule has 0 aromatic heterocycles. The van der Waals surface area contributed by atoms with Crippen LogP contribution in [0.25, 0.3) is 5.57 Å². The van der Waals surface area contributed by atoms with E-state index in [1.54, 1.807) is 36.4 Å². The Hall–Kier alpha value is -4.00. The standard InChI is InChI=1S/C24H18F2N2O3/c1-14-7-3-5-9-19(14)27-22-21(16-8-4-6-10-20(16)31-2)23(29)28(24(22)30)15-11-12-17(25)18(26)13-15/h3-13,27H,1-2H3. The van der Waals surface area contributed by atoms with E-state index in [0.29, 0.717) is 17.0 Å². The van der Waals surface area contributed by atoms with Crippen LogP contribution in [0.3, 0.4) is 0 Å². The molecule has 0 atom stereocenters. The summed E-state index contributed by atoms with van der Waals surface area (Å²) in [5.74, 6) is -3.18. The molecule has 2 amide bonds. The van der Waals surface area contributed by atoms with Crippen LogP contribution in [-0.4, -0.2) is 18.9 Å². The number of aryl methyl sites for hydroxylation is 1. The van der Waals surface area contributed by atoms with Gasteiger partial charge in [-0.25, -0.2) is 13.7 Å². The zero-order valence-electron chi connectivity index (χ0n) is 16.8. The summed E-state index contributed by atoms with van der Waals surface area (Å²) in [6.45, 7) is 1.86. The fourth-order valence-corrected chi connectivity index (χ4v) is 3.45. The second-order valence-electron chi connectivity index (χ2n) is 6.93. The maximum absolute atomic E-state index is 13.8. The molecule has 1 heterocycles. The monoisotopic (exact) mass is 420 g/mol. The highest BCUT2D eigenvalue weighted by molar-refractivity contribution is 6.46. The highest BCUT2D eigenvalue weighted by atomic mass is 19.2. The van der Waals surface area contributed by atoms with E-state index in [0.717, 1.165) is 22.6 Å². The van der Waals surface area contributed by atoms with Gasteiger partial charge in [0.25, 0.3) is 11.8 Å². The van der Waals surface area contributed by atoms with Crippen molar-refractivity contribution in [2.24, 2.45) is 0 Å². The number of hydrogen-bond donors (Lipinski definition) is 1. The van der Waals surface area contributed by atoms with Crippen molar-refractivity contribution < 1.29 is 23.1 Å². The largest absolute Gasteiger partial charge is 0.496 e. The van der Waals surface area contributed by atoms with E-state index in [1.807, 2.05) is 19.1 Å². The predicted octanol–water partition coefficient (Wildman–Crippen LogP) is 4.68. The van der Waals surface area contributed by atoms with Crippen LogP contribution in [0.15, 0.2) is 72.4 Å². The van der Waals surface area contributed by atoms with Crippen molar-refractivity contribution in [2.45, 2.75) is 6.92 Å². The first-order chi connectivity index (χ1) is 14.9. The van der Waals surface area contributed by atoms with E-state index < -0.39 is 23.4 Å². The van der Waals surface area contributed by atoms with Crippen LogP contribution in [0.1, 0.15) is 11.1 Å². The van der Waals surface area contributed by atoms with E-state index in [9.17, 15) is 18.4 Å². The van der Waals surface area contributed by atoms with Gasteiger partial charge in [0.15, 0.2) is 11.6 Å². The van der Waals surface area contributed by atoms with Gasteiger partial charge in [-0.05, 0) is 36.8 Å². The molecule has 0 fully saturated rings. The number of nitrogens with zero attached hydrogens (tertiary/aromatic N) is 1. The number of ether oxygens (including phenoxy) is 1. The summed E-state index contributed by atoms with van der Waals surface area (Å²) >= 11 is 0. The number of halogens is 2. The first-order valence-corrected chi connectivity index (χ1v) is 9.46. The van der Waals surface area contributed by atoms with Gasteiger partial charge in [0.05, 0.1) is 18.4 Å². The van der Waals surface area contributed by atoms with E-state index >= 15 is 0 Å². The molecular weight excluding hydrogens is 402 g/mol. The Kier molecular flexibility index (Phi) is 5.25. The number of amides is 2. The van der Waals surface area contributed by atoms with Crippen LogP contribution in [0.5, 0.6) is 5.75 Å². The molecule has 4 rings (SSSR count). The fourth-order valence-electron chi connectivity index (χ4n) is 3.45. The van der Waals surface area contributed by atoms with Gasteiger partial charge in [-0.2, -0.15) is 0 Å². The van der Waals surface area contributed by atoms with Gasteiger partial charge >= 0.3 is 0 Å². The van der Waals surface area contributed by atoms with Crippen LogP contribution in [0.2, 0.25) is 0 Å². The second-order valence-corrected chi connectivity index (χ2v) is 6.93. The fraction of sp³-hybridized carbons (Fsp3) is 0.0833. The lowest BCUT2D eigenvalue weighted by Gasteiger charge is -2.16. The van der Waals surface area contributed by atoms with Crippen molar-refractivity contribution in [3.05, 3.63) is 95.2 Å². The lowest BCUT2D eigenvalue weighted by molar-refractivity contribution is -0.120. The molecule has 0 spiro atoms. The normalized spacial score (nSPS) is 13.7. The van der Waals surface area contributed by atoms with E-state index in [2.05, 4.69) is 5.32 Å².